The van der Waals surface area contributed by atoms with Gasteiger partial charge in [0.1, 0.15) is 11.6 Å². The van der Waals surface area contributed by atoms with Crippen LogP contribution in [0.3, 0.4) is 0 Å². The zero-order valence-electron chi connectivity index (χ0n) is 13.4. The van der Waals surface area contributed by atoms with Crippen molar-refractivity contribution >= 4 is 40.7 Å². The van der Waals surface area contributed by atoms with Crippen molar-refractivity contribution in [3.63, 3.8) is 0 Å². The molecule has 0 aliphatic carbocycles. The van der Waals surface area contributed by atoms with Crippen molar-refractivity contribution in [2.75, 3.05) is 10.6 Å². The highest BCUT2D eigenvalue weighted by Crippen LogP contribution is 2.26. The number of hydrogen-bond donors (Lipinski definition) is 2. The Kier molecular flexibility index (Phi) is 5.36. The van der Waals surface area contributed by atoms with E-state index in [0.29, 0.717) is 33.9 Å². The van der Waals surface area contributed by atoms with E-state index in [9.17, 15) is 4.39 Å². The molecule has 0 amide bonds. The Hall–Kier alpha value is -2.37. The molecule has 0 bridgehead atoms. The molecule has 0 unspecified atom stereocenters. The zero-order chi connectivity index (χ0) is 17.8. The SMILES string of the molecule is Cc1cc(NCc2ccccc2F)nc(Nc2ccc(Cl)c(Cl)c2)n1. The average molecular weight is 377 g/mol. The second-order valence-corrected chi connectivity index (χ2v) is 6.23. The van der Waals surface area contributed by atoms with Crippen LogP contribution in [0.15, 0.2) is 48.5 Å². The first-order valence-electron chi connectivity index (χ1n) is 7.56. The number of aryl methyl sites for hydroxylation is 1. The van der Waals surface area contributed by atoms with Gasteiger partial charge in [0.15, 0.2) is 0 Å². The van der Waals surface area contributed by atoms with E-state index >= 15 is 0 Å². The summed E-state index contributed by atoms with van der Waals surface area (Å²) in [6, 6.07) is 13.6. The molecule has 0 aliphatic rings. The van der Waals surface area contributed by atoms with Crippen LogP contribution in [0.1, 0.15) is 11.3 Å². The van der Waals surface area contributed by atoms with Gasteiger partial charge in [0, 0.05) is 29.6 Å². The molecule has 1 heterocycles. The average Bonchev–Trinajstić information content (AvgIpc) is 2.57. The molecule has 0 saturated carbocycles. The molecule has 128 valence electrons. The first-order valence-corrected chi connectivity index (χ1v) is 8.32. The summed E-state index contributed by atoms with van der Waals surface area (Å²) in [6.07, 6.45) is 0. The summed E-state index contributed by atoms with van der Waals surface area (Å²) in [6.45, 7) is 2.19. The normalized spacial score (nSPS) is 10.6. The van der Waals surface area contributed by atoms with E-state index in [1.165, 1.54) is 6.07 Å². The fourth-order valence-electron chi connectivity index (χ4n) is 2.25. The molecule has 0 spiro atoms. The Labute approximate surface area is 155 Å². The van der Waals surface area contributed by atoms with Crippen LogP contribution in [0, 0.1) is 12.7 Å². The van der Waals surface area contributed by atoms with Gasteiger partial charge >= 0.3 is 0 Å². The zero-order valence-corrected chi connectivity index (χ0v) is 14.9. The molecule has 0 saturated heterocycles. The van der Waals surface area contributed by atoms with E-state index in [4.69, 9.17) is 23.2 Å². The van der Waals surface area contributed by atoms with Crippen molar-refractivity contribution in [2.24, 2.45) is 0 Å². The molecule has 1 aromatic heterocycles. The number of rotatable bonds is 5. The minimum Gasteiger partial charge on any atom is -0.366 e. The number of aromatic nitrogens is 2. The molecule has 0 atom stereocenters. The standard InChI is InChI=1S/C18H15Cl2FN4/c1-11-8-17(22-10-12-4-2-3-5-16(12)21)25-18(23-11)24-13-6-7-14(19)15(20)9-13/h2-9H,10H2,1H3,(H2,22,23,24,25). The fraction of sp³-hybridized carbons (Fsp3) is 0.111. The number of hydrogen-bond acceptors (Lipinski definition) is 4. The molecule has 0 aliphatic heterocycles. The van der Waals surface area contributed by atoms with Gasteiger partial charge in [-0.2, -0.15) is 4.98 Å². The maximum Gasteiger partial charge on any atom is 0.229 e. The summed E-state index contributed by atoms with van der Waals surface area (Å²) in [5.74, 6) is 0.752. The lowest BCUT2D eigenvalue weighted by Gasteiger charge is -2.11. The molecule has 3 aromatic rings. The van der Waals surface area contributed by atoms with Crippen molar-refractivity contribution in [1.29, 1.82) is 0 Å². The minimum absolute atomic E-state index is 0.255. The monoisotopic (exact) mass is 376 g/mol. The summed E-state index contributed by atoms with van der Waals surface area (Å²) in [4.78, 5) is 8.74. The highest BCUT2D eigenvalue weighted by Gasteiger charge is 2.06. The fourth-order valence-corrected chi connectivity index (χ4v) is 2.54. The highest BCUT2D eigenvalue weighted by atomic mass is 35.5. The molecule has 2 N–H and O–H groups in total. The molecular weight excluding hydrogens is 362 g/mol. The van der Waals surface area contributed by atoms with Crippen LogP contribution in [-0.4, -0.2) is 9.97 Å². The van der Waals surface area contributed by atoms with E-state index in [1.807, 2.05) is 6.92 Å². The van der Waals surface area contributed by atoms with E-state index in [1.54, 1.807) is 42.5 Å². The van der Waals surface area contributed by atoms with Crippen LogP contribution in [0.2, 0.25) is 10.0 Å². The molecule has 3 rings (SSSR count). The van der Waals surface area contributed by atoms with Crippen LogP contribution in [0.5, 0.6) is 0 Å². The topological polar surface area (TPSA) is 49.8 Å². The van der Waals surface area contributed by atoms with Gasteiger partial charge in [-0.3, -0.25) is 0 Å². The van der Waals surface area contributed by atoms with Crippen LogP contribution in [-0.2, 0) is 6.54 Å². The second kappa shape index (κ2) is 7.68. The van der Waals surface area contributed by atoms with Gasteiger partial charge in [-0.15, -0.1) is 0 Å². The van der Waals surface area contributed by atoms with Crippen molar-refractivity contribution in [3.05, 3.63) is 75.7 Å². The number of nitrogens with one attached hydrogen (secondary N) is 2. The Bertz CT molecular complexity index is 902. The van der Waals surface area contributed by atoms with Gasteiger partial charge in [0.2, 0.25) is 5.95 Å². The van der Waals surface area contributed by atoms with Crippen molar-refractivity contribution < 1.29 is 4.39 Å². The van der Waals surface area contributed by atoms with Crippen LogP contribution < -0.4 is 10.6 Å². The summed E-state index contributed by atoms with van der Waals surface area (Å²) in [5.41, 5.74) is 2.06. The summed E-state index contributed by atoms with van der Waals surface area (Å²) in [7, 11) is 0. The molecule has 0 radical (unpaired) electrons. The van der Waals surface area contributed by atoms with Gasteiger partial charge in [-0.1, -0.05) is 41.4 Å². The number of nitrogens with zero attached hydrogens (tertiary/aromatic N) is 2. The van der Waals surface area contributed by atoms with Gasteiger partial charge in [-0.05, 0) is 31.2 Å². The third-order valence-electron chi connectivity index (χ3n) is 3.45. The number of benzene rings is 2. The summed E-state index contributed by atoms with van der Waals surface area (Å²) < 4.78 is 13.7. The summed E-state index contributed by atoms with van der Waals surface area (Å²) >= 11 is 11.9. The lowest BCUT2D eigenvalue weighted by Crippen LogP contribution is -2.06. The number of anilines is 3. The molecule has 7 heteroatoms. The van der Waals surface area contributed by atoms with Crippen molar-refractivity contribution in [1.82, 2.24) is 9.97 Å². The Morgan fingerprint density at radius 2 is 1.80 bits per heavy atom. The lowest BCUT2D eigenvalue weighted by atomic mass is 10.2. The molecule has 0 fully saturated rings. The maximum absolute atomic E-state index is 13.7. The van der Waals surface area contributed by atoms with Crippen molar-refractivity contribution in [3.8, 4) is 0 Å². The quantitative estimate of drug-likeness (QED) is 0.609. The highest BCUT2D eigenvalue weighted by molar-refractivity contribution is 6.42. The van der Waals surface area contributed by atoms with E-state index in [0.717, 1.165) is 11.4 Å². The maximum atomic E-state index is 13.7. The van der Waals surface area contributed by atoms with E-state index in [2.05, 4.69) is 20.6 Å². The van der Waals surface area contributed by atoms with Crippen molar-refractivity contribution in [2.45, 2.75) is 13.5 Å². The van der Waals surface area contributed by atoms with Gasteiger partial charge < -0.3 is 10.6 Å². The van der Waals surface area contributed by atoms with Crippen LogP contribution in [0.25, 0.3) is 0 Å². The Morgan fingerprint density at radius 3 is 2.56 bits per heavy atom. The smallest absolute Gasteiger partial charge is 0.229 e. The van der Waals surface area contributed by atoms with Gasteiger partial charge in [0.05, 0.1) is 10.0 Å². The van der Waals surface area contributed by atoms with E-state index < -0.39 is 0 Å². The van der Waals surface area contributed by atoms with E-state index in [-0.39, 0.29) is 5.82 Å². The predicted octanol–water partition coefficient (Wildman–Crippen LogP) is 5.59. The minimum atomic E-state index is -0.255. The Morgan fingerprint density at radius 1 is 1.00 bits per heavy atom. The molecule has 4 nitrogen and oxygen atoms in total. The predicted molar refractivity (Wildman–Crippen MR) is 100 cm³/mol. The van der Waals surface area contributed by atoms with Crippen LogP contribution in [0.4, 0.5) is 21.8 Å². The summed E-state index contributed by atoms with van der Waals surface area (Å²) in [5, 5.41) is 7.11. The lowest BCUT2D eigenvalue weighted by molar-refractivity contribution is 0.613. The van der Waals surface area contributed by atoms with Gasteiger partial charge in [-0.25, -0.2) is 9.37 Å². The third-order valence-corrected chi connectivity index (χ3v) is 4.19. The second-order valence-electron chi connectivity index (χ2n) is 5.42. The van der Waals surface area contributed by atoms with Crippen LogP contribution >= 0.6 is 23.2 Å². The molecule has 2 aromatic carbocycles. The number of halogens is 3. The first-order chi connectivity index (χ1) is 12.0. The Balaban J connectivity index is 1.76. The molecule has 25 heavy (non-hydrogen) atoms. The van der Waals surface area contributed by atoms with Gasteiger partial charge in [0.25, 0.3) is 0 Å². The largest absolute Gasteiger partial charge is 0.366 e. The first kappa shape index (κ1) is 17.5. The third kappa shape index (κ3) is 4.59. The molecular formula is C18H15Cl2FN4.